The maximum atomic E-state index is 11.2. The highest BCUT2D eigenvalue weighted by molar-refractivity contribution is 8.01. The second-order valence-corrected chi connectivity index (χ2v) is 5.62. The molecule has 3 nitrogen and oxygen atoms in total. The van der Waals surface area contributed by atoms with E-state index >= 15 is 0 Å². The topological polar surface area (TPSA) is 46.5 Å². The lowest BCUT2D eigenvalue weighted by atomic mass is 9.84. The summed E-state index contributed by atoms with van der Waals surface area (Å²) in [6.45, 7) is 2.59. The van der Waals surface area contributed by atoms with E-state index in [-0.39, 0.29) is 0 Å². The zero-order chi connectivity index (χ0) is 12.3. The molecule has 0 saturated heterocycles. The number of hydrogen-bond donors (Lipinski definition) is 1. The molecule has 0 aromatic heterocycles. The maximum Gasteiger partial charge on any atom is 0.320 e. The van der Waals surface area contributed by atoms with Crippen molar-refractivity contribution in [2.24, 2.45) is 0 Å². The molecule has 17 heavy (non-hydrogen) atoms. The van der Waals surface area contributed by atoms with Crippen molar-refractivity contribution in [2.45, 2.75) is 35.8 Å². The third kappa shape index (κ3) is 2.57. The third-order valence-corrected chi connectivity index (χ3v) is 4.48. The lowest BCUT2D eigenvalue weighted by Gasteiger charge is -2.36. The van der Waals surface area contributed by atoms with Crippen LogP contribution in [-0.2, 0) is 4.79 Å². The molecule has 1 fully saturated rings. The predicted octanol–water partition coefficient (Wildman–Crippen LogP) is 3.18. The van der Waals surface area contributed by atoms with E-state index in [4.69, 9.17) is 4.74 Å². The van der Waals surface area contributed by atoms with Gasteiger partial charge in [-0.2, -0.15) is 0 Å². The van der Waals surface area contributed by atoms with Gasteiger partial charge in [0.05, 0.1) is 6.61 Å². The smallest absolute Gasteiger partial charge is 0.320 e. The maximum absolute atomic E-state index is 11.2. The van der Waals surface area contributed by atoms with Gasteiger partial charge in [0.25, 0.3) is 0 Å². The number of carboxylic acids is 1. The highest BCUT2D eigenvalue weighted by Crippen LogP contribution is 2.47. The van der Waals surface area contributed by atoms with Crippen molar-refractivity contribution in [3.05, 3.63) is 24.3 Å². The minimum absolute atomic E-state index is 0.590. The second-order valence-electron chi connectivity index (χ2n) is 4.16. The Morgan fingerprint density at radius 2 is 2.06 bits per heavy atom. The fourth-order valence-electron chi connectivity index (χ4n) is 1.85. The molecule has 1 N–H and O–H groups in total. The fraction of sp³-hybridized carbons (Fsp3) is 0.462. The van der Waals surface area contributed by atoms with Crippen LogP contribution in [-0.4, -0.2) is 22.4 Å². The molecule has 1 aromatic carbocycles. The molecule has 0 aliphatic heterocycles. The Bertz CT molecular complexity index is 396. The van der Waals surface area contributed by atoms with Gasteiger partial charge in [0, 0.05) is 4.90 Å². The van der Waals surface area contributed by atoms with Crippen molar-refractivity contribution in [3.63, 3.8) is 0 Å². The first-order valence-corrected chi connectivity index (χ1v) is 6.63. The Morgan fingerprint density at radius 3 is 2.47 bits per heavy atom. The molecule has 0 atom stereocenters. The average molecular weight is 252 g/mol. The van der Waals surface area contributed by atoms with Crippen LogP contribution in [0.5, 0.6) is 5.75 Å². The van der Waals surface area contributed by atoms with Gasteiger partial charge in [-0.25, -0.2) is 0 Å². The number of hydrogen-bond acceptors (Lipinski definition) is 3. The predicted molar refractivity (Wildman–Crippen MR) is 67.7 cm³/mol. The number of rotatable bonds is 5. The van der Waals surface area contributed by atoms with E-state index < -0.39 is 10.7 Å². The van der Waals surface area contributed by atoms with Gasteiger partial charge in [0.15, 0.2) is 0 Å². The van der Waals surface area contributed by atoms with Crippen molar-refractivity contribution >= 4 is 17.7 Å². The van der Waals surface area contributed by atoms with Gasteiger partial charge in [-0.05, 0) is 50.5 Å². The number of aliphatic carboxylic acids is 1. The fourth-order valence-corrected chi connectivity index (χ4v) is 3.16. The van der Waals surface area contributed by atoms with Crippen LogP contribution in [0.25, 0.3) is 0 Å². The molecule has 0 spiro atoms. The van der Waals surface area contributed by atoms with Gasteiger partial charge >= 0.3 is 5.97 Å². The minimum Gasteiger partial charge on any atom is -0.494 e. The van der Waals surface area contributed by atoms with Gasteiger partial charge < -0.3 is 9.84 Å². The lowest BCUT2D eigenvalue weighted by Crippen LogP contribution is -2.41. The molecule has 1 aliphatic rings. The van der Waals surface area contributed by atoms with Crippen molar-refractivity contribution in [2.75, 3.05) is 6.61 Å². The number of carbonyl (C=O) groups is 1. The quantitative estimate of drug-likeness (QED) is 0.874. The van der Waals surface area contributed by atoms with Crippen LogP contribution in [0.1, 0.15) is 26.2 Å². The van der Waals surface area contributed by atoms with Gasteiger partial charge in [-0.1, -0.05) is 0 Å². The molecule has 0 heterocycles. The van der Waals surface area contributed by atoms with Crippen molar-refractivity contribution in [1.82, 2.24) is 0 Å². The molecule has 0 amide bonds. The van der Waals surface area contributed by atoms with Crippen LogP contribution in [0.4, 0.5) is 0 Å². The normalized spacial score (nSPS) is 17.2. The summed E-state index contributed by atoms with van der Waals surface area (Å²) in [6, 6.07) is 7.64. The molecule has 0 unspecified atom stereocenters. The molecule has 0 radical (unpaired) electrons. The van der Waals surface area contributed by atoms with E-state index in [9.17, 15) is 9.90 Å². The molecule has 2 rings (SSSR count). The summed E-state index contributed by atoms with van der Waals surface area (Å²) in [6.07, 6.45) is 2.54. The van der Waals surface area contributed by atoms with E-state index in [0.29, 0.717) is 6.61 Å². The SMILES string of the molecule is CCOc1ccc(SC2(C(=O)O)CCC2)cc1. The lowest BCUT2D eigenvalue weighted by molar-refractivity contribution is -0.142. The van der Waals surface area contributed by atoms with Crippen LogP contribution in [0.2, 0.25) is 0 Å². The van der Waals surface area contributed by atoms with Gasteiger partial charge in [-0.3, -0.25) is 4.79 Å². The van der Waals surface area contributed by atoms with Crippen LogP contribution in [0.3, 0.4) is 0 Å². The Hall–Kier alpha value is -1.16. The van der Waals surface area contributed by atoms with Gasteiger partial charge in [0.2, 0.25) is 0 Å². The first-order valence-electron chi connectivity index (χ1n) is 5.81. The molecular weight excluding hydrogens is 236 g/mol. The van der Waals surface area contributed by atoms with Crippen molar-refractivity contribution in [1.29, 1.82) is 0 Å². The first-order chi connectivity index (χ1) is 8.16. The third-order valence-electron chi connectivity index (χ3n) is 3.00. The first kappa shape index (κ1) is 12.3. The monoisotopic (exact) mass is 252 g/mol. The van der Waals surface area contributed by atoms with E-state index in [0.717, 1.165) is 29.9 Å². The van der Waals surface area contributed by atoms with Crippen molar-refractivity contribution in [3.8, 4) is 5.75 Å². The summed E-state index contributed by atoms with van der Waals surface area (Å²) in [5.41, 5.74) is 0. The molecule has 1 saturated carbocycles. The van der Waals surface area contributed by atoms with Crippen molar-refractivity contribution < 1.29 is 14.6 Å². The number of ether oxygens (including phenoxy) is 1. The zero-order valence-electron chi connectivity index (χ0n) is 9.81. The molecular formula is C13H16O3S. The summed E-state index contributed by atoms with van der Waals surface area (Å²) < 4.78 is 4.76. The highest BCUT2D eigenvalue weighted by Gasteiger charge is 2.45. The van der Waals surface area contributed by atoms with Crippen LogP contribution >= 0.6 is 11.8 Å². The number of carboxylic acid groups (broad SMARTS) is 1. The van der Waals surface area contributed by atoms with E-state index in [1.165, 1.54) is 11.8 Å². The molecule has 0 bridgehead atoms. The molecule has 1 aliphatic carbocycles. The largest absolute Gasteiger partial charge is 0.494 e. The van der Waals surface area contributed by atoms with E-state index in [2.05, 4.69) is 0 Å². The van der Waals surface area contributed by atoms with E-state index in [1.54, 1.807) is 0 Å². The van der Waals surface area contributed by atoms with Crippen LogP contribution in [0, 0.1) is 0 Å². The second kappa shape index (κ2) is 5.00. The summed E-state index contributed by atoms with van der Waals surface area (Å²) in [7, 11) is 0. The van der Waals surface area contributed by atoms with Crippen LogP contribution < -0.4 is 4.74 Å². The molecule has 4 heteroatoms. The Morgan fingerprint density at radius 1 is 1.41 bits per heavy atom. The number of thioether (sulfide) groups is 1. The summed E-state index contributed by atoms with van der Waals surface area (Å²) >= 11 is 1.46. The molecule has 1 aromatic rings. The Kier molecular flexibility index (Phi) is 3.62. The molecule has 92 valence electrons. The van der Waals surface area contributed by atoms with Gasteiger partial charge in [-0.15, -0.1) is 11.8 Å². The van der Waals surface area contributed by atoms with Gasteiger partial charge in [0.1, 0.15) is 10.5 Å². The standard InChI is InChI=1S/C13H16O3S/c1-2-16-10-4-6-11(7-5-10)17-13(12(14)15)8-3-9-13/h4-7H,2-3,8-9H2,1H3,(H,14,15). The summed E-state index contributed by atoms with van der Waals surface area (Å²) in [4.78, 5) is 12.2. The summed E-state index contributed by atoms with van der Waals surface area (Å²) in [5.74, 6) is 0.137. The Balaban J connectivity index is 2.05. The zero-order valence-corrected chi connectivity index (χ0v) is 10.6. The van der Waals surface area contributed by atoms with Crippen LogP contribution in [0.15, 0.2) is 29.2 Å². The highest BCUT2D eigenvalue weighted by atomic mass is 32.2. The Labute approximate surface area is 105 Å². The number of benzene rings is 1. The summed E-state index contributed by atoms with van der Waals surface area (Å²) in [5, 5.41) is 9.24. The minimum atomic E-state index is -0.692. The average Bonchev–Trinajstić information content (AvgIpc) is 2.25. The van der Waals surface area contributed by atoms with E-state index in [1.807, 2.05) is 31.2 Å².